The van der Waals surface area contributed by atoms with Crippen LogP contribution in [0.15, 0.2) is 48.5 Å². The van der Waals surface area contributed by atoms with Gasteiger partial charge in [-0.1, -0.05) is 29.8 Å². The summed E-state index contributed by atoms with van der Waals surface area (Å²) >= 11 is 0. The third-order valence-electron chi connectivity index (χ3n) is 3.88. The number of nitrogens with one attached hydrogen (secondary N) is 1. The van der Waals surface area contributed by atoms with E-state index in [0.717, 1.165) is 5.56 Å². The lowest BCUT2D eigenvalue weighted by Crippen LogP contribution is -2.47. The molecular formula is C19H20N2O4. The predicted octanol–water partition coefficient (Wildman–Crippen LogP) is 2.23. The van der Waals surface area contributed by atoms with Crippen LogP contribution in [0.5, 0.6) is 11.5 Å². The molecule has 2 aromatic carbocycles. The van der Waals surface area contributed by atoms with Gasteiger partial charge in [0.05, 0.1) is 6.54 Å². The highest BCUT2D eigenvalue weighted by Crippen LogP contribution is 2.31. The molecule has 0 saturated carbocycles. The molecule has 0 aromatic heterocycles. The molecule has 0 fully saturated rings. The van der Waals surface area contributed by atoms with E-state index >= 15 is 0 Å². The monoisotopic (exact) mass is 340 g/mol. The van der Waals surface area contributed by atoms with Gasteiger partial charge in [0.2, 0.25) is 12.0 Å². The van der Waals surface area contributed by atoms with Crippen LogP contribution >= 0.6 is 0 Å². The number of anilines is 1. The summed E-state index contributed by atoms with van der Waals surface area (Å²) in [5, 5.41) is 2.77. The number of para-hydroxylation sites is 2. The van der Waals surface area contributed by atoms with Crippen molar-refractivity contribution in [3.05, 3.63) is 54.1 Å². The number of hydrogen-bond donors (Lipinski definition) is 1. The summed E-state index contributed by atoms with van der Waals surface area (Å²) < 4.78 is 11.2. The van der Waals surface area contributed by atoms with Gasteiger partial charge in [-0.25, -0.2) is 0 Å². The Morgan fingerprint density at radius 1 is 1.12 bits per heavy atom. The van der Waals surface area contributed by atoms with Crippen molar-refractivity contribution >= 4 is 17.5 Å². The Hall–Kier alpha value is -3.02. The minimum atomic E-state index is -0.757. The van der Waals surface area contributed by atoms with Gasteiger partial charge in [0.15, 0.2) is 11.5 Å². The molecule has 1 atom stereocenters. The number of nitrogens with zero attached hydrogens (tertiary/aromatic N) is 1. The molecule has 0 aliphatic carbocycles. The maximum absolute atomic E-state index is 12.5. The third kappa shape index (κ3) is 4.09. The second kappa shape index (κ2) is 7.25. The average molecular weight is 340 g/mol. The van der Waals surface area contributed by atoms with E-state index in [1.807, 2.05) is 43.3 Å². The number of amides is 2. The summed E-state index contributed by atoms with van der Waals surface area (Å²) in [5.41, 5.74) is 1.81. The van der Waals surface area contributed by atoms with E-state index in [4.69, 9.17) is 9.47 Å². The molecule has 25 heavy (non-hydrogen) atoms. The number of carbonyl (C=O) groups excluding carboxylic acids is 2. The lowest BCUT2D eigenvalue weighted by Gasteiger charge is -2.28. The van der Waals surface area contributed by atoms with Gasteiger partial charge in [-0.2, -0.15) is 0 Å². The SMILES string of the molecule is Cc1ccc(NC(=O)CN(C)C(=O)[C@@H]2COc3ccccc3O2)cc1. The number of rotatable bonds is 4. The second-order valence-electron chi connectivity index (χ2n) is 5.97. The Morgan fingerprint density at radius 3 is 2.52 bits per heavy atom. The van der Waals surface area contributed by atoms with Crippen LogP contribution in [0, 0.1) is 6.92 Å². The smallest absolute Gasteiger partial charge is 0.267 e. The first-order valence-electron chi connectivity index (χ1n) is 8.03. The minimum absolute atomic E-state index is 0.0613. The van der Waals surface area contributed by atoms with Crippen LogP contribution in [-0.2, 0) is 9.59 Å². The maximum Gasteiger partial charge on any atom is 0.267 e. The van der Waals surface area contributed by atoms with E-state index in [-0.39, 0.29) is 25.0 Å². The average Bonchev–Trinajstić information content (AvgIpc) is 2.62. The molecule has 1 N–H and O–H groups in total. The molecule has 0 radical (unpaired) electrons. The fraction of sp³-hybridized carbons (Fsp3) is 0.263. The zero-order valence-electron chi connectivity index (χ0n) is 14.2. The minimum Gasteiger partial charge on any atom is -0.485 e. The molecule has 0 saturated heterocycles. The van der Waals surface area contributed by atoms with Gasteiger partial charge in [-0.15, -0.1) is 0 Å². The molecule has 6 heteroatoms. The van der Waals surface area contributed by atoms with Crippen molar-refractivity contribution in [3.63, 3.8) is 0 Å². The van der Waals surface area contributed by atoms with Crippen LogP contribution < -0.4 is 14.8 Å². The van der Waals surface area contributed by atoms with Crippen molar-refractivity contribution in [3.8, 4) is 11.5 Å². The first-order chi connectivity index (χ1) is 12.0. The molecule has 1 heterocycles. The van der Waals surface area contributed by atoms with Crippen LogP contribution in [0.1, 0.15) is 5.56 Å². The van der Waals surface area contributed by atoms with Crippen LogP contribution in [0.25, 0.3) is 0 Å². The van der Waals surface area contributed by atoms with E-state index in [0.29, 0.717) is 17.2 Å². The van der Waals surface area contributed by atoms with Crippen molar-refractivity contribution in [2.45, 2.75) is 13.0 Å². The predicted molar refractivity (Wildman–Crippen MR) is 93.8 cm³/mol. The molecular weight excluding hydrogens is 320 g/mol. The lowest BCUT2D eigenvalue weighted by molar-refractivity contribution is -0.141. The van der Waals surface area contributed by atoms with Gasteiger partial charge < -0.3 is 19.7 Å². The second-order valence-corrected chi connectivity index (χ2v) is 5.97. The summed E-state index contributed by atoms with van der Waals surface area (Å²) in [7, 11) is 1.57. The topological polar surface area (TPSA) is 67.9 Å². The van der Waals surface area contributed by atoms with E-state index in [1.54, 1.807) is 19.2 Å². The highest BCUT2D eigenvalue weighted by molar-refractivity contribution is 5.95. The van der Waals surface area contributed by atoms with Crippen LogP contribution in [0.2, 0.25) is 0 Å². The zero-order valence-corrected chi connectivity index (χ0v) is 14.2. The number of carbonyl (C=O) groups is 2. The van der Waals surface area contributed by atoms with E-state index in [1.165, 1.54) is 4.90 Å². The Bertz CT molecular complexity index is 773. The summed E-state index contributed by atoms with van der Waals surface area (Å²) in [6.45, 7) is 2.04. The van der Waals surface area contributed by atoms with Crippen molar-refractivity contribution in [1.82, 2.24) is 4.90 Å². The quantitative estimate of drug-likeness (QED) is 0.927. The zero-order chi connectivity index (χ0) is 17.8. The number of likely N-dealkylation sites (N-methyl/N-ethyl adjacent to an activating group) is 1. The first-order valence-corrected chi connectivity index (χ1v) is 8.03. The van der Waals surface area contributed by atoms with Crippen LogP contribution in [0.4, 0.5) is 5.69 Å². The van der Waals surface area contributed by atoms with E-state index < -0.39 is 6.10 Å². The molecule has 130 valence electrons. The lowest BCUT2D eigenvalue weighted by atomic mass is 10.2. The van der Waals surface area contributed by atoms with Crippen molar-refractivity contribution in [1.29, 1.82) is 0 Å². The third-order valence-corrected chi connectivity index (χ3v) is 3.88. The largest absolute Gasteiger partial charge is 0.485 e. The van der Waals surface area contributed by atoms with Gasteiger partial charge in [0, 0.05) is 12.7 Å². The summed E-state index contributed by atoms with van der Waals surface area (Å²) in [6.07, 6.45) is -0.757. The number of ether oxygens (including phenoxy) is 2. The van der Waals surface area contributed by atoms with Gasteiger partial charge in [0.1, 0.15) is 6.61 Å². The van der Waals surface area contributed by atoms with Gasteiger partial charge in [0.25, 0.3) is 5.91 Å². The molecule has 6 nitrogen and oxygen atoms in total. The molecule has 2 amide bonds. The fourth-order valence-electron chi connectivity index (χ4n) is 2.52. The number of aryl methyl sites for hydroxylation is 1. The molecule has 0 bridgehead atoms. The Balaban J connectivity index is 1.56. The molecule has 1 aliphatic heterocycles. The Kier molecular flexibility index (Phi) is 4.88. The van der Waals surface area contributed by atoms with Crippen molar-refractivity contribution in [2.24, 2.45) is 0 Å². The molecule has 0 spiro atoms. The van der Waals surface area contributed by atoms with Crippen molar-refractivity contribution < 1.29 is 19.1 Å². The first kappa shape index (κ1) is 16.8. The van der Waals surface area contributed by atoms with Crippen LogP contribution in [0.3, 0.4) is 0 Å². The summed E-state index contributed by atoms with van der Waals surface area (Å²) in [6, 6.07) is 14.7. The van der Waals surface area contributed by atoms with E-state index in [2.05, 4.69) is 5.32 Å². The highest BCUT2D eigenvalue weighted by Gasteiger charge is 2.30. The number of hydrogen-bond acceptors (Lipinski definition) is 4. The number of benzene rings is 2. The Labute approximate surface area is 146 Å². The normalized spacial score (nSPS) is 15.4. The van der Waals surface area contributed by atoms with Crippen LogP contribution in [-0.4, -0.2) is 43.0 Å². The molecule has 0 unspecified atom stereocenters. The fourth-order valence-corrected chi connectivity index (χ4v) is 2.52. The highest BCUT2D eigenvalue weighted by atomic mass is 16.6. The molecule has 2 aromatic rings. The Morgan fingerprint density at radius 2 is 1.80 bits per heavy atom. The summed E-state index contributed by atoms with van der Waals surface area (Å²) in [5.74, 6) is 0.585. The maximum atomic E-state index is 12.5. The van der Waals surface area contributed by atoms with Crippen molar-refractivity contribution in [2.75, 3.05) is 25.5 Å². The molecule has 1 aliphatic rings. The van der Waals surface area contributed by atoms with E-state index in [9.17, 15) is 9.59 Å². The standard InChI is InChI=1S/C19H20N2O4/c1-13-7-9-14(10-8-13)20-18(22)11-21(2)19(23)17-12-24-15-5-3-4-6-16(15)25-17/h3-10,17H,11-12H2,1-2H3,(H,20,22)/t17-/m0/s1. The number of fused-ring (bicyclic) bond motifs is 1. The van der Waals surface area contributed by atoms with Gasteiger partial charge >= 0.3 is 0 Å². The molecule has 3 rings (SSSR count). The van der Waals surface area contributed by atoms with Gasteiger partial charge in [-0.05, 0) is 31.2 Å². The van der Waals surface area contributed by atoms with Gasteiger partial charge in [-0.3, -0.25) is 9.59 Å². The summed E-state index contributed by atoms with van der Waals surface area (Å²) in [4.78, 5) is 25.9.